The van der Waals surface area contributed by atoms with E-state index in [9.17, 15) is 0 Å². The molecule has 0 saturated heterocycles. The van der Waals surface area contributed by atoms with Crippen LogP contribution in [-0.4, -0.2) is 23.5 Å². The maximum Gasteiger partial charge on any atom is 0.320 e. The van der Waals surface area contributed by atoms with E-state index in [1.54, 1.807) is 14.2 Å². The summed E-state index contributed by atoms with van der Waals surface area (Å²) < 4.78 is 10.3. The van der Waals surface area contributed by atoms with Crippen LogP contribution in [0, 0.1) is 5.92 Å². The highest BCUT2D eigenvalue weighted by atomic mass is 28.3. The molecule has 0 saturated carbocycles. The molecule has 0 atom stereocenters. The van der Waals surface area contributed by atoms with E-state index >= 15 is 0 Å². The Morgan fingerprint density at radius 3 is 1.94 bits per heavy atom. The Morgan fingerprint density at radius 1 is 1.18 bits per heavy atom. The fourth-order valence-corrected chi connectivity index (χ4v) is 3.17. The average Bonchev–Trinajstić information content (AvgIpc) is 2.31. The lowest BCUT2D eigenvalue weighted by Gasteiger charge is -2.15. The molecule has 2 bridgehead atoms. The van der Waals surface area contributed by atoms with Crippen LogP contribution in [0.1, 0.15) is 20.3 Å². The number of rotatable bonds is 5. The van der Waals surface area contributed by atoms with Gasteiger partial charge in [0.1, 0.15) is 0 Å². The summed E-state index contributed by atoms with van der Waals surface area (Å²) in [6.07, 6.45) is 1.22. The Morgan fingerprint density at radius 2 is 1.71 bits per heavy atom. The molecule has 2 aliphatic rings. The van der Waals surface area contributed by atoms with Crippen molar-refractivity contribution in [3.63, 3.8) is 0 Å². The molecule has 0 unspecified atom stereocenters. The maximum atomic E-state index is 5.17. The zero-order valence-corrected chi connectivity index (χ0v) is 12.3. The van der Waals surface area contributed by atoms with Gasteiger partial charge in [-0.1, -0.05) is 19.9 Å². The number of anilines is 2. The molecule has 4 heteroatoms. The molecule has 0 spiro atoms. The Kier molecular flexibility index (Phi) is 6.25. The van der Waals surface area contributed by atoms with Crippen LogP contribution in [0.4, 0.5) is 11.4 Å². The standard InChI is InChI=1S/C7H18O2Si.C6H5N/c1-7(2)5-6-10(8-3)9-4;1-2-5-4-6(3-1)7-5/h7,10H,5-6H2,1-4H3;1-4,7H. The molecule has 0 aromatic heterocycles. The quantitative estimate of drug-likeness (QED) is 0.829. The number of hydrogen-bond acceptors (Lipinski definition) is 3. The number of fused-ring (bicyclic) bond motifs is 2. The third kappa shape index (κ3) is 5.34. The first-order valence-corrected chi connectivity index (χ1v) is 7.84. The first-order valence-electron chi connectivity index (χ1n) is 6.08. The van der Waals surface area contributed by atoms with Gasteiger partial charge in [0.15, 0.2) is 0 Å². The van der Waals surface area contributed by atoms with Crippen LogP contribution in [0.5, 0.6) is 0 Å². The predicted molar refractivity (Wildman–Crippen MR) is 75.2 cm³/mol. The third-order valence-electron chi connectivity index (χ3n) is 2.66. The van der Waals surface area contributed by atoms with Gasteiger partial charge in [-0.05, 0) is 36.6 Å². The summed E-state index contributed by atoms with van der Waals surface area (Å²) in [6, 6.07) is 9.38. The molecule has 0 fully saturated rings. The summed E-state index contributed by atoms with van der Waals surface area (Å²) in [5.74, 6) is 0.764. The fraction of sp³-hybridized carbons (Fsp3) is 0.538. The van der Waals surface area contributed by atoms with Crippen LogP contribution in [0.2, 0.25) is 6.04 Å². The smallest absolute Gasteiger partial charge is 0.320 e. The number of nitrogens with one attached hydrogen (secondary N) is 1. The van der Waals surface area contributed by atoms with Crippen molar-refractivity contribution in [2.45, 2.75) is 26.3 Å². The van der Waals surface area contributed by atoms with Crippen molar-refractivity contribution in [3.8, 4) is 0 Å². The molecule has 1 aromatic rings. The lowest BCUT2D eigenvalue weighted by molar-refractivity contribution is 0.274. The van der Waals surface area contributed by atoms with Crippen molar-refractivity contribution in [3.05, 3.63) is 24.3 Å². The molecule has 0 aliphatic carbocycles. The second-order valence-corrected chi connectivity index (χ2v) is 6.96. The Bertz CT molecular complexity index is 302. The van der Waals surface area contributed by atoms with Gasteiger partial charge >= 0.3 is 9.28 Å². The molecule has 3 rings (SSSR count). The van der Waals surface area contributed by atoms with E-state index < -0.39 is 9.28 Å². The van der Waals surface area contributed by atoms with Crippen LogP contribution in [-0.2, 0) is 8.85 Å². The maximum absolute atomic E-state index is 5.17. The first kappa shape index (κ1) is 14.2. The van der Waals surface area contributed by atoms with Gasteiger partial charge in [-0.15, -0.1) is 0 Å². The van der Waals surface area contributed by atoms with E-state index in [0.717, 1.165) is 12.0 Å². The predicted octanol–water partition coefficient (Wildman–Crippen LogP) is 3.29. The van der Waals surface area contributed by atoms with Gasteiger partial charge in [0.25, 0.3) is 0 Å². The average molecular weight is 253 g/mol. The first-order chi connectivity index (χ1) is 8.15. The molecular weight excluding hydrogens is 230 g/mol. The second-order valence-electron chi connectivity index (χ2n) is 4.58. The molecule has 1 N–H and O–H groups in total. The highest BCUT2D eigenvalue weighted by molar-refractivity contribution is 6.44. The van der Waals surface area contributed by atoms with Crippen molar-refractivity contribution in [2.75, 3.05) is 19.5 Å². The van der Waals surface area contributed by atoms with Gasteiger partial charge in [-0.2, -0.15) is 0 Å². The Balaban J connectivity index is 0.000000177. The fourth-order valence-electron chi connectivity index (χ4n) is 1.56. The topological polar surface area (TPSA) is 30.5 Å². The number of hydrogen-bond donors (Lipinski definition) is 1. The van der Waals surface area contributed by atoms with Gasteiger partial charge in [0, 0.05) is 25.6 Å². The Labute approximate surface area is 106 Å². The minimum atomic E-state index is -1.25. The van der Waals surface area contributed by atoms with Gasteiger partial charge in [0.05, 0.1) is 0 Å². The summed E-state index contributed by atoms with van der Waals surface area (Å²) >= 11 is 0. The molecular formula is C13H23NO2Si. The molecule has 0 radical (unpaired) electrons. The van der Waals surface area contributed by atoms with Crippen LogP contribution in [0.25, 0.3) is 0 Å². The largest absolute Gasteiger partial charge is 0.400 e. The monoisotopic (exact) mass is 253 g/mol. The van der Waals surface area contributed by atoms with Gasteiger partial charge in [0.2, 0.25) is 0 Å². The molecule has 2 heterocycles. The highest BCUT2D eigenvalue weighted by Crippen LogP contribution is 2.27. The van der Waals surface area contributed by atoms with Gasteiger partial charge in [-0.3, -0.25) is 0 Å². The van der Waals surface area contributed by atoms with Gasteiger partial charge in [-0.25, -0.2) is 0 Å². The van der Waals surface area contributed by atoms with Crippen LogP contribution >= 0.6 is 0 Å². The Hall–Kier alpha value is -0.843. The van der Waals surface area contributed by atoms with E-state index in [1.165, 1.54) is 17.8 Å². The van der Waals surface area contributed by atoms with Crippen LogP contribution < -0.4 is 5.32 Å². The third-order valence-corrected chi connectivity index (χ3v) is 4.51. The van der Waals surface area contributed by atoms with Crippen molar-refractivity contribution in [1.29, 1.82) is 0 Å². The highest BCUT2D eigenvalue weighted by Gasteiger charge is 2.09. The van der Waals surface area contributed by atoms with Crippen LogP contribution in [0.3, 0.4) is 0 Å². The zero-order chi connectivity index (χ0) is 12.7. The van der Waals surface area contributed by atoms with E-state index in [1.807, 2.05) is 18.2 Å². The minimum absolute atomic E-state index is 0.764. The summed E-state index contributed by atoms with van der Waals surface area (Å²) in [6.45, 7) is 4.44. The summed E-state index contributed by atoms with van der Waals surface area (Å²) in [5.41, 5.74) is 2.47. The van der Waals surface area contributed by atoms with Gasteiger partial charge < -0.3 is 14.2 Å². The van der Waals surface area contributed by atoms with Crippen LogP contribution in [0.15, 0.2) is 24.3 Å². The molecule has 1 aromatic carbocycles. The van der Waals surface area contributed by atoms with Crippen molar-refractivity contribution in [1.82, 2.24) is 0 Å². The summed E-state index contributed by atoms with van der Waals surface area (Å²) in [4.78, 5) is 0. The second kappa shape index (κ2) is 7.48. The SMILES string of the molecule is CO[SiH](CCC(C)C)OC.c1cc2cc(c1)N2. The normalized spacial score (nSPS) is 11.6. The van der Waals surface area contributed by atoms with Crippen molar-refractivity contribution < 1.29 is 8.85 Å². The van der Waals surface area contributed by atoms with Crippen molar-refractivity contribution in [2.24, 2.45) is 5.92 Å². The minimum Gasteiger partial charge on any atom is -0.400 e. The molecule has 17 heavy (non-hydrogen) atoms. The van der Waals surface area contributed by atoms with E-state index in [-0.39, 0.29) is 0 Å². The molecule has 3 nitrogen and oxygen atoms in total. The number of benzene rings is 1. The zero-order valence-electron chi connectivity index (χ0n) is 11.2. The molecule has 2 aliphatic heterocycles. The summed E-state index contributed by atoms with van der Waals surface area (Å²) in [5, 5.41) is 3.11. The van der Waals surface area contributed by atoms with Crippen molar-refractivity contribution >= 4 is 20.7 Å². The van der Waals surface area contributed by atoms with E-state index in [4.69, 9.17) is 8.85 Å². The lowest BCUT2D eigenvalue weighted by Crippen LogP contribution is -2.19. The summed E-state index contributed by atoms with van der Waals surface area (Å²) in [7, 11) is 2.23. The van der Waals surface area contributed by atoms with E-state index in [0.29, 0.717) is 0 Å². The molecule has 96 valence electrons. The van der Waals surface area contributed by atoms with E-state index in [2.05, 4.69) is 25.2 Å². The lowest BCUT2D eigenvalue weighted by atomic mass is 10.2. The molecule has 0 amide bonds.